The largest absolute Gasteiger partial charge is 0.339 e. The molecule has 0 saturated carbocycles. The van der Waals surface area contributed by atoms with Crippen molar-refractivity contribution in [1.29, 1.82) is 0 Å². The first-order valence-electron chi connectivity index (χ1n) is 1.05. The van der Waals surface area contributed by atoms with E-state index in [-0.39, 0.29) is 0 Å². The molecule has 0 fully saturated rings. The van der Waals surface area contributed by atoms with Gasteiger partial charge in [-0.15, -0.1) is 0 Å². The van der Waals surface area contributed by atoms with Crippen LogP contribution >= 0.6 is 18.9 Å². The molecule has 4 heteroatoms. The summed E-state index contributed by atoms with van der Waals surface area (Å²) in [5, 5.41) is 0. The standard InChI is InChI=1S/CH6O2P2/c4-2-1-3-5/h1,4-5H2. The van der Waals surface area contributed by atoms with Crippen molar-refractivity contribution >= 4 is 18.9 Å². The molecule has 0 heterocycles. The molecule has 2 unspecified atom stereocenters. The lowest BCUT2D eigenvalue weighted by atomic mass is 11.6. The summed E-state index contributed by atoms with van der Waals surface area (Å²) in [5.41, 5.74) is 0. The van der Waals surface area contributed by atoms with Gasteiger partial charge in [-0.1, -0.05) is 0 Å². The summed E-state index contributed by atoms with van der Waals surface area (Å²) in [7, 11) is 4.12. The minimum atomic E-state index is 0.315. The Balaban J connectivity index is 2.19. The Morgan fingerprint density at radius 3 is 1.60 bits per heavy atom. The fourth-order valence-corrected chi connectivity index (χ4v) is 0.354. The SMILES string of the molecule is POCOP. The first-order valence-corrected chi connectivity index (χ1v) is 1.99. The summed E-state index contributed by atoms with van der Waals surface area (Å²) < 4.78 is 8.73. The van der Waals surface area contributed by atoms with E-state index in [1.165, 1.54) is 0 Å². The molecule has 2 atom stereocenters. The van der Waals surface area contributed by atoms with Crippen molar-refractivity contribution < 1.29 is 9.05 Å². The predicted octanol–water partition coefficient (Wildman–Crippen LogP) is 0.557. The third-order valence-corrected chi connectivity index (χ3v) is 0.408. The van der Waals surface area contributed by atoms with Gasteiger partial charge in [0.25, 0.3) is 0 Å². The Labute approximate surface area is 35.8 Å². The van der Waals surface area contributed by atoms with Crippen LogP contribution in [-0.2, 0) is 9.05 Å². The van der Waals surface area contributed by atoms with E-state index in [4.69, 9.17) is 0 Å². The molecule has 32 valence electrons. The van der Waals surface area contributed by atoms with Crippen molar-refractivity contribution in [3.05, 3.63) is 0 Å². The van der Waals surface area contributed by atoms with E-state index in [1.807, 2.05) is 0 Å². The molecule has 0 rings (SSSR count). The summed E-state index contributed by atoms with van der Waals surface area (Å²) in [6.07, 6.45) is 0. The lowest BCUT2D eigenvalue weighted by Crippen LogP contribution is -1.75. The third-order valence-electron chi connectivity index (χ3n) is 0.136. The van der Waals surface area contributed by atoms with E-state index < -0.39 is 0 Å². The summed E-state index contributed by atoms with van der Waals surface area (Å²) in [5.74, 6) is 0. The van der Waals surface area contributed by atoms with E-state index in [1.54, 1.807) is 0 Å². The molecule has 0 bridgehead atoms. The van der Waals surface area contributed by atoms with Crippen LogP contribution in [0.4, 0.5) is 0 Å². The molecular weight excluding hydrogens is 106 g/mol. The monoisotopic (exact) mass is 112 g/mol. The molecule has 0 spiro atoms. The minimum absolute atomic E-state index is 0.315. The second-order valence-corrected chi connectivity index (χ2v) is 1.12. The summed E-state index contributed by atoms with van der Waals surface area (Å²) in [4.78, 5) is 0. The van der Waals surface area contributed by atoms with Crippen LogP contribution in [-0.4, -0.2) is 6.79 Å². The quantitative estimate of drug-likeness (QED) is 0.383. The topological polar surface area (TPSA) is 18.5 Å². The van der Waals surface area contributed by atoms with Gasteiger partial charge in [0.15, 0.2) is 6.79 Å². The van der Waals surface area contributed by atoms with Crippen molar-refractivity contribution in [2.24, 2.45) is 0 Å². The van der Waals surface area contributed by atoms with E-state index >= 15 is 0 Å². The smallest absolute Gasteiger partial charge is 0.152 e. The van der Waals surface area contributed by atoms with Crippen molar-refractivity contribution in [1.82, 2.24) is 0 Å². The van der Waals surface area contributed by atoms with Gasteiger partial charge in [-0.25, -0.2) is 0 Å². The van der Waals surface area contributed by atoms with Gasteiger partial charge in [0.2, 0.25) is 0 Å². The van der Waals surface area contributed by atoms with E-state index in [0.717, 1.165) is 0 Å². The van der Waals surface area contributed by atoms with E-state index in [9.17, 15) is 0 Å². The van der Waals surface area contributed by atoms with E-state index in [0.29, 0.717) is 6.79 Å². The first-order chi connectivity index (χ1) is 2.41. The van der Waals surface area contributed by atoms with Crippen molar-refractivity contribution in [2.45, 2.75) is 0 Å². The molecule has 0 aromatic heterocycles. The highest BCUT2D eigenvalue weighted by Gasteiger charge is 1.63. The van der Waals surface area contributed by atoms with Gasteiger partial charge < -0.3 is 9.05 Å². The summed E-state index contributed by atoms with van der Waals surface area (Å²) in [6.45, 7) is 0.315. The minimum Gasteiger partial charge on any atom is -0.339 e. The second-order valence-electron chi connectivity index (χ2n) is 0.451. The van der Waals surface area contributed by atoms with Gasteiger partial charge in [0.05, 0.1) is 0 Å². The molecule has 0 aliphatic rings. The molecule has 0 aliphatic carbocycles. The highest BCUT2D eigenvalue weighted by atomic mass is 31.0. The lowest BCUT2D eigenvalue weighted by Gasteiger charge is -1.86. The molecule has 2 nitrogen and oxygen atoms in total. The fourth-order valence-electron chi connectivity index (χ4n) is 0.0393. The number of hydrogen-bond acceptors (Lipinski definition) is 2. The van der Waals surface area contributed by atoms with Crippen LogP contribution in [0.3, 0.4) is 0 Å². The van der Waals surface area contributed by atoms with Crippen molar-refractivity contribution in [3.8, 4) is 0 Å². The molecule has 0 aliphatic heterocycles. The Morgan fingerprint density at radius 1 is 1.20 bits per heavy atom. The van der Waals surface area contributed by atoms with Gasteiger partial charge >= 0.3 is 0 Å². The molecule has 0 aromatic rings. The van der Waals surface area contributed by atoms with Crippen LogP contribution in [0.1, 0.15) is 0 Å². The third kappa shape index (κ3) is 4.78. The zero-order valence-corrected chi connectivity index (χ0v) is 4.99. The Kier molecular flexibility index (Phi) is 5.53. The molecule has 0 radical (unpaired) electrons. The van der Waals surface area contributed by atoms with Gasteiger partial charge in [0.1, 0.15) is 0 Å². The predicted molar refractivity (Wildman–Crippen MR) is 26.5 cm³/mol. The van der Waals surface area contributed by atoms with Crippen LogP contribution in [0.2, 0.25) is 0 Å². The van der Waals surface area contributed by atoms with Crippen LogP contribution in [0.5, 0.6) is 0 Å². The molecule has 0 amide bonds. The van der Waals surface area contributed by atoms with Crippen LogP contribution in [0.15, 0.2) is 0 Å². The Morgan fingerprint density at radius 2 is 1.60 bits per heavy atom. The van der Waals surface area contributed by atoms with Gasteiger partial charge in [-0.05, 0) is 0 Å². The average Bonchev–Trinajstić information content (AvgIpc) is 1.41. The second kappa shape index (κ2) is 4.78. The van der Waals surface area contributed by atoms with Gasteiger partial charge in [0, 0.05) is 18.9 Å². The lowest BCUT2D eigenvalue weighted by molar-refractivity contribution is 0.165. The average molecular weight is 112 g/mol. The van der Waals surface area contributed by atoms with E-state index in [2.05, 4.69) is 28.0 Å². The Hall–Kier alpha value is 0.780. The maximum Gasteiger partial charge on any atom is 0.152 e. The van der Waals surface area contributed by atoms with Gasteiger partial charge in [-0.3, -0.25) is 0 Å². The molecule has 0 saturated heterocycles. The zero-order chi connectivity index (χ0) is 4.12. The molecule has 5 heavy (non-hydrogen) atoms. The van der Waals surface area contributed by atoms with Crippen LogP contribution in [0, 0.1) is 0 Å². The highest BCUT2D eigenvalue weighted by molar-refractivity contribution is 7.10. The Bertz CT molecular complexity index is 15.1. The molecule has 0 N–H and O–H groups in total. The first kappa shape index (κ1) is 5.78. The maximum atomic E-state index is 4.36. The maximum absolute atomic E-state index is 4.36. The fraction of sp³-hybridized carbons (Fsp3) is 1.00. The van der Waals surface area contributed by atoms with Crippen LogP contribution in [0.25, 0.3) is 0 Å². The number of hydrogen-bond donors (Lipinski definition) is 0. The summed E-state index contributed by atoms with van der Waals surface area (Å²) >= 11 is 0. The highest BCUT2D eigenvalue weighted by Crippen LogP contribution is 1.88. The van der Waals surface area contributed by atoms with Gasteiger partial charge in [-0.2, -0.15) is 0 Å². The van der Waals surface area contributed by atoms with Crippen molar-refractivity contribution in [3.63, 3.8) is 0 Å². The summed E-state index contributed by atoms with van der Waals surface area (Å²) in [6, 6.07) is 0. The van der Waals surface area contributed by atoms with Crippen molar-refractivity contribution in [2.75, 3.05) is 6.79 Å². The molecular formula is CH6O2P2. The normalized spacial score (nSPS) is 8.40. The van der Waals surface area contributed by atoms with Crippen LogP contribution < -0.4 is 0 Å². The zero-order valence-electron chi connectivity index (χ0n) is 2.68. The molecule has 0 aromatic carbocycles. The number of rotatable bonds is 2.